The van der Waals surface area contributed by atoms with Crippen LogP contribution in [0.3, 0.4) is 0 Å². The van der Waals surface area contributed by atoms with Crippen LogP contribution < -0.4 is 10.6 Å². The average Bonchev–Trinajstić information content (AvgIpc) is 3.27. The first-order valence-corrected chi connectivity index (χ1v) is 12.9. The summed E-state index contributed by atoms with van der Waals surface area (Å²) in [7, 11) is 5.47. The van der Waals surface area contributed by atoms with Crippen molar-refractivity contribution in [3.05, 3.63) is 39.1 Å². The summed E-state index contributed by atoms with van der Waals surface area (Å²) >= 11 is 7.16. The fraction of sp³-hybridized carbons (Fsp3) is 0.522. The van der Waals surface area contributed by atoms with Gasteiger partial charge in [0.1, 0.15) is 10.8 Å². The first-order valence-electron chi connectivity index (χ1n) is 11.7. The molecule has 1 saturated carbocycles. The number of carbonyl (C=O) groups excluding carboxylic acids is 3. The molecule has 3 heterocycles. The van der Waals surface area contributed by atoms with Crippen molar-refractivity contribution in [2.45, 2.75) is 44.3 Å². The van der Waals surface area contributed by atoms with E-state index in [2.05, 4.69) is 35.7 Å². The molecule has 4 rings (SSSR count). The molecule has 0 radical (unpaired) electrons. The Balaban J connectivity index is 1.46. The molecular weight excluding hydrogens is 504 g/mol. The number of aromatic nitrogens is 2. The molecule has 2 aromatic rings. The van der Waals surface area contributed by atoms with Crippen LogP contribution in [0.1, 0.15) is 39.6 Å². The van der Waals surface area contributed by atoms with Gasteiger partial charge in [-0.15, -0.1) is 16.5 Å². The number of halogens is 1. The maximum Gasteiger partial charge on any atom is 0.359 e. The summed E-state index contributed by atoms with van der Waals surface area (Å²) in [6, 6.07) is 1.64. The smallest absolute Gasteiger partial charge is 0.349 e. The van der Waals surface area contributed by atoms with E-state index >= 15 is 0 Å². The Bertz CT molecular complexity index is 1150. The standard InChI is InChI=1S/C23H29ClN8O3S/c1-31(2)22(34)13-4-6-15(28-23(35)30-29-14-5-7-19(24)25-11-14)17(10-13)26-20(33)21-27-16-8-9-32(3)12-18(16)36-21/h5,7,11,13,15,17H,4,6,8-10,12H2,1-3H3,(H,26,33)(H,28,35)/b30-29+/t13-,15-,17+/m0/s1. The molecule has 1 aliphatic carbocycles. The first-order chi connectivity index (χ1) is 17.2. The van der Waals surface area contributed by atoms with Crippen molar-refractivity contribution >= 4 is 46.5 Å². The number of hydrogen-bond donors (Lipinski definition) is 2. The van der Waals surface area contributed by atoms with Crippen molar-refractivity contribution in [2.24, 2.45) is 16.1 Å². The SMILES string of the molecule is CN1CCc2nc(C(=O)N[C@@H]3C[C@@H](C(=O)N(C)C)CC[C@@H]3NC(=O)/N=N/c3ccc(Cl)nc3)sc2C1. The van der Waals surface area contributed by atoms with E-state index in [-0.39, 0.29) is 17.7 Å². The normalized spacial score (nSPS) is 22.2. The molecule has 2 aliphatic rings. The third-order valence-corrected chi connectivity index (χ3v) is 7.65. The van der Waals surface area contributed by atoms with Gasteiger partial charge in [0, 0.05) is 44.4 Å². The molecule has 0 aromatic carbocycles. The van der Waals surface area contributed by atoms with Gasteiger partial charge in [0.2, 0.25) is 5.91 Å². The van der Waals surface area contributed by atoms with E-state index in [1.807, 2.05) is 7.05 Å². The molecule has 3 atom stereocenters. The van der Waals surface area contributed by atoms with Gasteiger partial charge in [0.05, 0.1) is 24.0 Å². The predicted octanol–water partition coefficient (Wildman–Crippen LogP) is 3.03. The second-order valence-corrected chi connectivity index (χ2v) is 10.8. The Morgan fingerprint density at radius 1 is 1.19 bits per heavy atom. The van der Waals surface area contributed by atoms with E-state index in [1.165, 1.54) is 17.5 Å². The molecule has 36 heavy (non-hydrogen) atoms. The third kappa shape index (κ3) is 6.42. The molecule has 0 saturated heterocycles. The number of nitrogens with one attached hydrogen (secondary N) is 2. The lowest BCUT2D eigenvalue weighted by atomic mass is 9.81. The molecule has 2 N–H and O–H groups in total. The number of rotatable bonds is 5. The van der Waals surface area contributed by atoms with Crippen LogP contribution in [0.2, 0.25) is 5.15 Å². The summed E-state index contributed by atoms with van der Waals surface area (Å²) in [4.78, 5) is 51.6. The lowest BCUT2D eigenvalue weighted by Gasteiger charge is -2.36. The van der Waals surface area contributed by atoms with E-state index in [0.29, 0.717) is 35.1 Å². The van der Waals surface area contributed by atoms with Crippen LogP contribution in [0.15, 0.2) is 28.6 Å². The van der Waals surface area contributed by atoms with Crippen molar-refractivity contribution in [3.8, 4) is 0 Å². The quantitative estimate of drug-likeness (QED) is 0.449. The number of fused-ring (bicyclic) bond motifs is 1. The maximum atomic E-state index is 13.1. The van der Waals surface area contributed by atoms with E-state index in [1.54, 1.807) is 31.1 Å². The minimum absolute atomic E-state index is 0.00158. The Labute approximate surface area is 218 Å². The van der Waals surface area contributed by atoms with E-state index in [9.17, 15) is 14.4 Å². The molecule has 4 amide bonds. The van der Waals surface area contributed by atoms with Crippen molar-refractivity contribution in [2.75, 3.05) is 27.7 Å². The minimum Gasteiger partial charge on any atom is -0.349 e. The highest BCUT2D eigenvalue weighted by Gasteiger charge is 2.37. The molecule has 2 aromatic heterocycles. The van der Waals surface area contributed by atoms with Crippen molar-refractivity contribution in [1.29, 1.82) is 0 Å². The van der Waals surface area contributed by atoms with Crippen LogP contribution in [0.5, 0.6) is 0 Å². The number of thiazole rings is 1. The van der Waals surface area contributed by atoms with E-state index in [4.69, 9.17) is 11.6 Å². The first kappa shape index (κ1) is 26.1. The highest BCUT2D eigenvalue weighted by molar-refractivity contribution is 7.13. The number of azo groups is 1. The second kappa shape index (κ2) is 11.4. The van der Waals surface area contributed by atoms with Crippen LogP contribution >= 0.6 is 22.9 Å². The predicted molar refractivity (Wildman–Crippen MR) is 136 cm³/mol. The number of carbonyl (C=O) groups is 3. The van der Waals surface area contributed by atoms with Gasteiger partial charge >= 0.3 is 6.03 Å². The molecule has 0 unspecified atom stereocenters. The van der Waals surface area contributed by atoms with E-state index < -0.39 is 18.1 Å². The summed E-state index contributed by atoms with van der Waals surface area (Å²) in [6.45, 7) is 1.68. The van der Waals surface area contributed by atoms with Gasteiger partial charge in [0.15, 0.2) is 5.01 Å². The fourth-order valence-corrected chi connectivity index (χ4v) is 5.66. The zero-order valence-electron chi connectivity index (χ0n) is 20.4. The lowest BCUT2D eigenvalue weighted by Crippen LogP contribution is -2.55. The third-order valence-electron chi connectivity index (χ3n) is 6.35. The summed E-state index contributed by atoms with van der Waals surface area (Å²) in [6.07, 6.45) is 3.72. The largest absolute Gasteiger partial charge is 0.359 e. The zero-order valence-corrected chi connectivity index (χ0v) is 22.0. The molecule has 192 valence electrons. The Kier molecular flexibility index (Phi) is 8.27. The van der Waals surface area contributed by atoms with Gasteiger partial charge in [-0.3, -0.25) is 9.59 Å². The molecular formula is C23H29ClN8O3S. The minimum atomic E-state index is -0.640. The van der Waals surface area contributed by atoms with Gasteiger partial charge in [-0.1, -0.05) is 16.7 Å². The number of likely N-dealkylation sites (N-methyl/N-ethyl adjacent to an activating group) is 1. The molecule has 1 fully saturated rings. The Morgan fingerprint density at radius 2 is 2.00 bits per heavy atom. The van der Waals surface area contributed by atoms with Crippen LogP contribution in [0.25, 0.3) is 0 Å². The van der Waals surface area contributed by atoms with E-state index in [0.717, 1.165) is 30.1 Å². The highest BCUT2D eigenvalue weighted by Crippen LogP contribution is 2.28. The summed E-state index contributed by atoms with van der Waals surface area (Å²) in [5.74, 6) is -0.548. The van der Waals surface area contributed by atoms with Gasteiger partial charge in [0.25, 0.3) is 5.91 Å². The maximum absolute atomic E-state index is 13.1. The van der Waals surface area contributed by atoms with Gasteiger partial charge in [-0.25, -0.2) is 14.8 Å². The van der Waals surface area contributed by atoms with Crippen molar-refractivity contribution < 1.29 is 14.4 Å². The summed E-state index contributed by atoms with van der Waals surface area (Å²) in [5.41, 5.74) is 1.35. The molecule has 0 bridgehead atoms. The van der Waals surface area contributed by atoms with Crippen LogP contribution in [-0.4, -0.2) is 77.4 Å². The molecule has 1 aliphatic heterocycles. The lowest BCUT2D eigenvalue weighted by molar-refractivity contribution is -0.134. The van der Waals surface area contributed by atoms with Crippen LogP contribution in [-0.2, 0) is 17.8 Å². The number of urea groups is 1. The van der Waals surface area contributed by atoms with Crippen LogP contribution in [0, 0.1) is 5.92 Å². The monoisotopic (exact) mass is 532 g/mol. The van der Waals surface area contributed by atoms with Gasteiger partial charge < -0.3 is 20.4 Å². The Morgan fingerprint density at radius 3 is 2.72 bits per heavy atom. The fourth-order valence-electron chi connectivity index (χ4n) is 4.46. The Hall–Kier alpha value is -2.96. The number of hydrogen-bond acceptors (Lipinski definition) is 8. The second-order valence-electron chi connectivity index (χ2n) is 9.29. The highest BCUT2D eigenvalue weighted by atomic mass is 35.5. The average molecular weight is 533 g/mol. The molecule has 11 nitrogen and oxygen atoms in total. The van der Waals surface area contributed by atoms with Crippen LogP contribution in [0.4, 0.5) is 10.5 Å². The number of amides is 4. The zero-order chi connectivity index (χ0) is 25.8. The van der Waals surface area contributed by atoms with Crippen molar-refractivity contribution in [1.82, 2.24) is 30.4 Å². The van der Waals surface area contributed by atoms with Crippen molar-refractivity contribution in [3.63, 3.8) is 0 Å². The molecule has 13 heteroatoms. The summed E-state index contributed by atoms with van der Waals surface area (Å²) in [5, 5.41) is 14.2. The molecule has 0 spiro atoms. The number of nitrogens with zero attached hydrogens (tertiary/aromatic N) is 6. The number of pyridine rings is 1. The topological polar surface area (TPSA) is 132 Å². The van der Waals surface area contributed by atoms with Gasteiger partial charge in [-0.05, 0) is 38.4 Å². The summed E-state index contributed by atoms with van der Waals surface area (Å²) < 4.78 is 0. The van der Waals surface area contributed by atoms with Gasteiger partial charge in [-0.2, -0.15) is 0 Å².